The highest BCUT2D eigenvalue weighted by atomic mass is 19.3. The lowest BCUT2D eigenvalue weighted by Crippen LogP contribution is -2.44. The van der Waals surface area contributed by atoms with Gasteiger partial charge in [0.2, 0.25) is 5.91 Å². The topological polar surface area (TPSA) is 101 Å². The first-order chi connectivity index (χ1) is 6.95. The predicted octanol–water partition coefficient (Wildman–Crippen LogP) is -1.29. The third-order valence-electron chi connectivity index (χ3n) is 1.47. The van der Waals surface area contributed by atoms with E-state index < -0.39 is 24.9 Å². The molecule has 0 saturated heterocycles. The number of primary amides is 1. The number of nitrogens with zero attached hydrogens (tertiary/aromatic N) is 1. The van der Waals surface area contributed by atoms with Gasteiger partial charge in [0.15, 0.2) is 0 Å². The van der Waals surface area contributed by atoms with Crippen LogP contribution in [0.1, 0.15) is 0 Å². The summed E-state index contributed by atoms with van der Waals surface area (Å²) in [5, 5.41) is 1.78. The van der Waals surface area contributed by atoms with Crippen LogP contribution in [-0.2, 0) is 4.79 Å². The lowest BCUT2D eigenvalue weighted by atomic mass is 10.4. The maximum atomic E-state index is 12.0. The van der Waals surface area contributed by atoms with Crippen LogP contribution in [0, 0.1) is 0 Å². The first kappa shape index (κ1) is 13.7. The number of amides is 3. The highest BCUT2D eigenvalue weighted by Crippen LogP contribution is 1.97. The van der Waals surface area contributed by atoms with Crippen molar-refractivity contribution in [2.75, 3.05) is 26.2 Å². The third-order valence-corrected chi connectivity index (χ3v) is 1.47. The molecule has 0 unspecified atom stereocenters. The van der Waals surface area contributed by atoms with Crippen molar-refractivity contribution in [2.24, 2.45) is 11.5 Å². The highest BCUT2D eigenvalue weighted by Gasteiger charge is 2.15. The Hall–Kier alpha value is -1.28. The summed E-state index contributed by atoms with van der Waals surface area (Å²) in [6.07, 6.45) is -2.56. The van der Waals surface area contributed by atoms with Crippen molar-refractivity contribution in [1.29, 1.82) is 0 Å². The van der Waals surface area contributed by atoms with E-state index in [-0.39, 0.29) is 19.6 Å². The molecule has 0 radical (unpaired) electrons. The number of hydrogen-bond donors (Lipinski definition) is 3. The molecule has 0 rings (SSSR count). The minimum absolute atomic E-state index is 0.149. The van der Waals surface area contributed by atoms with E-state index in [1.54, 1.807) is 5.32 Å². The second-order valence-corrected chi connectivity index (χ2v) is 2.83. The Kier molecular flexibility index (Phi) is 6.47. The van der Waals surface area contributed by atoms with Crippen molar-refractivity contribution in [3.63, 3.8) is 0 Å². The fourth-order valence-corrected chi connectivity index (χ4v) is 0.993. The second kappa shape index (κ2) is 7.07. The standard InChI is InChI=1S/C7H14F2N4O2/c8-5(9)3-13(2-1-10)4-6(14)12-7(11)15/h5H,1-4,10H2,(H3,11,12,14,15). The van der Waals surface area contributed by atoms with Gasteiger partial charge >= 0.3 is 6.03 Å². The van der Waals surface area contributed by atoms with E-state index >= 15 is 0 Å². The van der Waals surface area contributed by atoms with Crippen LogP contribution >= 0.6 is 0 Å². The van der Waals surface area contributed by atoms with Crippen LogP contribution in [0.5, 0.6) is 0 Å². The quantitative estimate of drug-likeness (QED) is 0.522. The van der Waals surface area contributed by atoms with Gasteiger partial charge in [0.25, 0.3) is 6.43 Å². The van der Waals surface area contributed by atoms with Crippen LogP contribution in [0.3, 0.4) is 0 Å². The average molecular weight is 224 g/mol. The number of halogens is 2. The molecule has 0 saturated carbocycles. The summed E-state index contributed by atoms with van der Waals surface area (Å²) in [7, 11) is 0. The molecular formula is C7H14F2N4O2. The Balaban J connectivity index is 4.03. The Morgan fingerprint density at radius 3 is 2.40 bits per heavy atom. The van der Waals surface area contributed by atoms with Crippen LogP contribution in [-0.4, -0.2) is 49.4 Å². The Morgan fingerprint density at radius 1 is 1.40 bits per heavy atom. The molecule has 0 aliphatic rings. The van der Waals surface area contributed by atoms with E-state index in [2.05, 4.69) is 5.73 Å². The van der Waals surface area contributed by atoms with E-state index in [1.807, 2.05) is 0 Å². The smallest absolute Gasteiger partial charge is 0.318 e. The van der Waals surface area contributed by atoms with Gasteiger partial charge in [-0.2, -0.15) is 0 Å². The van der Waals surface area contributed by atoms with E-state index in [4.69, 9.17) is 5.73 Å². The van der Waals surface area contributed by atoms with Gasteiger partial charge in [-0.15, -0.1) is 0 Å². The van der Waals surface area contributed by atoms with Crippen LogP contribution in [0.2, 0.25) is 0 Å². The van der Waals surface area contributed by atoms with Crippen molar-refractivity contribution >= 4 is 11.9 Å². The van der Waals surface area contributed by atoms with Gasteiger partial charge in [0.1, 0.15) is 0 Å². The summed E-state index contributed by atoms with van der Waals surface area (Å²) in [4.78, 5) is 22.4. The number of urea groups is 1. The molecule has 88 valence electrons. The van der Waals surface area contributed by atoms with Crippen molar-refractivity contribution in [2.45, 2.75) is 6.43 Å². The molecule has 0 spiro atoms. The van der Waals surface area contributed by atoms with Gasteiger partial charge in [0, 0.05) is 13.1 Å². The summed E-state index contributed by atoms with van der Waals surface area (Å²) in [5.74, 6) is -0.725. The zero-order valence-corrected chi connectivity index (χ0v) is 8.08. The molecular weight excluding hydrogens is 210 g/mol. The number of alkyl halides is 2. The molecule has 0 bridgehead atoms. The highest BCUT2D eigenvalue weighted by molar-refractivity contribution is 5.94. The predicted molar refractivity (Wildman–Crippen MR) is 49.2 cm³/mol. The van der Waals surface area contributed by atoms with Gasteiger partial charge in [-0.25, -0.2) is 13.6 Å². The summed E-state index contributed by atoms with van der Waals surface area (Å²) in [5.41, 5.74) is 9.85. The summed E-state index contributed by atoms with van der Waals surface area (Å²) in [6.45, 7) is -0.596. The lowest BCUT2D eigenvalue weighted by molar-refractivity contribution is -0.121. The van der Waals surface area contributed by atoms with Crippen LogP contribution in [0.15, 0.2) is 0 Å². The van der Waals surface area contributed by atoms with Gasteiger partial charge < -0.3 is 11.5 Å². The normalized spacial score (nSPS) is 10.7. The van der Waals surface area contributed by atoms with E-state index in [9.17, 15) is 18.4 Å². The maximum Gasteiger partial charge on any atom is 0.318 e. The van der Waals surface area contributed by atoms with Gasteiger partial charge in [-0.05, 0) is 0 Å². The van der Waals surface area contributed by atoms with Crippen LogP contribution in [0.25, 0.3) is 0 Å². The number of imide groups is 1. The number of carbonyl (C=O) groups excluding carboxylic acids is 2. The van der Waals surface area contributed by atoms with Crippen molar-refractivity contribution < 1.29 is 18.4 Å². The molecule has 0 fully saturated rings. The fourth-order valence-electron chi connectivity index (χ4n) is 0.993. The van der Waals surface area contributed by atoms with E-state index in [0.717, 1.165) is 4.90 Å². The van der Waals surface area contributed by atoms with Gasteiger partial charge in [-0.3, -0.25) is 15.0 Å². The Bertz CT molecular complexity index is 225. The Morgan fingerprint density at radius 2 is 2.00 bits per heavy atom. The van der Waals surface area contributed by atoms with Crippen LogP contribution < -0.4 is 16.8 Å². The number of nitrogens with one attached hydrogen (secondary N) is 1. The number of nitrogens with two attached hydrogens (primary N) is 2. The second-order valence-electron chi connectivity index (χ2n) is 2.83. The first-order valence-electron chi connectivity index (χ1n) is 4.25. The molecule has 0 aliphatic heterocycles. The number of rotatable bonds is 6. The molecule has 8 heteroatoms. The zero-order chi connectivity index (χ0) is 11.8. The molecule has 0 heterocycles. The van der Waals surface area contributed by atoms with Crippen molar-refractivity contribution in [1.82, 2.24) is 10.2 Å². The average Bonchev–Trinajstić information content (AvgIpc) is 2.00. The zero-order valence-electron chi connectivity index (χ0n) is 8.08. The first-order valence-corrected chi connectivity index (χ1v) is 4.25. The number of hydrogen-bond acceptors (Lipinski definition) is 4. The van der Waals surface area contributed by atoms with Gasteiger partial charge in [-0.1, -0.05) is 0 Å². The minimum atomic E-state index is -2.56. The van der Waals surface area contributed by atoms with Crippen molar-refractivity contribution in [3.8, 4) is 0 Å². The fraction of sp³-hybridized carbons (Fsp3) is 0.714. The van der Waals surface area contributed by atoms with Gasteiger partial charge in [0.05, 0.1) is 13.1 Å². The van der Waals surface area contributed by atoms with Crippen molar-refractivity contribution in [3.05, 3.63) is 0 Å². The Labute approximate surface area is 85.6 Å². The summed E-state index contributed by atoms with van der Waals surface area (Å²) in [6, 6.07) is -1.01. The molecule has 5 N–H and O–H groups in total. The summed E-state index contributed by atoms with van der Waals surface area (Å²) >= 11 is 0. The maximum absolute atomic E-state index is 12.0. The largest absolute Gasteiger partial charge is 0.351 e. The molecule has 0 aliphatic carbocycles. The number of carbonyl (C=O) groups is 2. The van der Waals surface area contributed by atoms with Crippen LogP contribution in [0.4, 0.5) is 13.6 Å². The molecule has 0 aromatic carbocycles. The summed E-state index contributed by atoms with van der Waals surface area (Å²) < 4.78 is 24.0. The molecule has 0 aromatic heterocycles. The van der Waals surface area contributed by atoms with E-state index in [1.165, 1.54) is 0 Å². The lowest BCUT2D eigenvalue weighted by Gasteiger charge is -2.19. The SMILES string of the molecule is NCCN(CC(=O)NC(N)=O)CC(F)F. The third kappa shape index (κ3) is 7.77. The molecule has 3 amide bonds. The molecule has 15 heavy (non-hydrogen) atoms. The van der Waals surface area contributed by atoms with E-state index in [0.29, 0.717) is 0 Å². The monoisotopic (exact) mass is 224 g/mol. The molecule has 0 aromatic rings. The molecule has 0 atom stereocenters. The minimum Gasteiger partial charge on any atom is -0.351 e. The molecule has 6 nitrogen and oxygen atoms in total.